The van der Waals surface area contributed by atoms with Crippen molar-refractivity contribution in [1.29, 1.82) is 0 Å². The second-order valence-electron chi connectivity index (χ2n) is 5.28. The van der Waals surface area contributed by atoms with Crippen molar-refractivity contribution in [2.24, 2.45) is 0 Å². The molecule has 0 aromatic carbocycles. The molecule has 0 aliphatic heterocycles. The lowest BCUT2D eigenvalue weighted by Crippen LogP contribution is -2.74. The Hall–Kier alpha value is -1.34. The number of aliphatic hydroxyl groups excluding tert-OH is 4. The SMILES string of the molecule is O=C(O)CN[C@@H]1C(O)[C@H](NCC(=O)O)[C@H](O)C(NCCO)[C@@H]1O. The molecule has 1 rings (SSSR count). The maximum Gasteiger partial charge on any atom is 0.317 e. The van der Waals surface area contributed by atoms with E-state index >= 15 is 0 Å². The monoisotopic (exact) mass is 337 g/mol. The highest BCUT2D eigenvalue weighted by atomic mass is 16.4. The van der Waals surface area contributed by atoms with Gasteiger partial charge in [-0.15, -0.1) is 0 Å². The Bertz CT molecular complexity index is 378. The Kier molecular flexibility index (Phi) is 7.78. The summed E-state index contributed by atoms with van der Waals surface area (Å²) < 4.78 is 0. The van der Waals surface area contributed by atoms with Gasteiger partial charge in [-0.2, -0.15) is 0 Å². The lowest BCUT2D eigenvalue weighted by molar-refractivity contribution is -0.138. The molecule has 1 saturated carbocycles. The number of hydrogen-bond donors (Lipinski definition) is 9. The minimum Gasteiger partial charge on any atom is -0.480 e. The number of carbonyl (C=O) groups is 2. The van der Waals surface area contributed by atoms with Crippen molar-refractivity contribution < 1.29 is 40.2 Å². The van der Waals surface area contributed by atoms with E-state index in [0.29, 0.717) is 0 Å². The van der Waals surface area contributed by atoms with Crippen molar-refractivity contribution in [3.05, 3.63) is 0 Å². The van der Waals surface area contributed by atoms with Crippen LogP contribution in [0.3, 0.4) is 0 Å². The summed E-state index contributed by atoms with van der Waals surface area (Å²) in [5.74, 6) is -2.41. The molecule has 0 spiro atoms. The average Bonchev–Trinajstić information content (AvgIpc) is 2.46. The maximum atomic E-state index is 10.7. The Morgan fingerprint density at radius 3 is 1.39 bits per heavy atom. The number of nitrogens with one attached hydrogen (secondary N) is 3. The number of carboxylic acids is 2. The van der Waals surface area contributed by atoms with Gasteiger partial charge < -0.3 is 36.0 Å². The Labute approximate surface area is 131 Å². The molecule has 9 N–H and O–H groups in total. The van der Waals surface area contributed by atoms with E-state index in [1.165, 1.54) is 0 Å². The lowest BCUT2D eigenvalue weighted by atomic mass is 9.79. The minimum absolute atomic E-state index is 0.0478. The third-order valence-electron chi connectivity index (χ3n) is 3.68. The van der Waals surface area contributed by atoms with E-state index in [0.717, 1.165) is 0 Å². The summed E-state index contributed by atoms with van der Waals surface area (Å²) in [6, 6.07) is -3.22. The highest BCUT2D eigenvalue weighted by molar-refractivity contribution is 5.69. The molecule has 0 radical (unpaired) electrons. The van der Waals surface area contributed by atoms with Crippen LogP contribution in [0.25, 0.3) is 0 Å². The smallest absolute Gasteiger partial charge is 0.317 e. The summed E-state index contributed by atoms with van der Waals surface area (Å²) in [4.78, 5) is 21.3. The normalized spacial score (nSPS) is 34.3. The lowest BCUT2D eigenvalue weighted by Gasteiger charge is -2.46. The molecule has 0 amide bonds. The van der Waals surface area contributed by atoms with Crippen molar-refractivity contribution in [2.75, 3.05) is 26.2 Å². The predicted molar refractivity (Wildman–Crippen MR) is 75.7 cm³/mol. The fraction of sp³-hybridized carbons (Fsp3) is 0.833. The summed E-state index contributed by atoms with van der Waals surface area (Å²) in [7, 11) is 0. The van der Waals surface area contributed by atoms with Crippen LogP contribution in [0.1, 0.15) is 0 Å². The second kappa shape index (κ2) is 9.08. The van der Waals surface area contributed by atoms with E-state index in [4.69, 9.17) is 15.3 Å². The largest absolute Gasteiger partial charge is 0.480 e. The molecule has 0 aromatic heterocycles. The first-order valence-electron chi connectivity index (χ1n) is 7.08. The van der Waals surface area contributed by atoms with E-state index in [2.05, 4.69) is 16.0 Å². The zero-order valence-corrected chi connectivity index (χ0v) is 12.3. The van der Waals surface area contributed by atoms with E-state index in [1.807, 2.05) is 0 Å². The summed E-state index contributed by atoms with van der Waals surface area (Å²) in [5, 5.41) is 64.6. The van der Waals surface area contributed by atoms with Gasteiger partial charge in [0.25, 0.3) is 0 Å². The topological polar surface area (TPSA) is 192 Å². The number of aliphatic carboxylic acids is 2. The molecule has 134 valence electrons. The number of carboxylic acid groups (broad SMARTS) is 2. The third kappa shape index (κ3) is 5.35. The van der Waals surface area contributed by atoms with Crippen LogP contribution in [0.2, 0.25) is 0 Å². The van der Waals surface area contributed by atoms with Crippen molar-refractivity contribution >= 4 is 11.9 Å². The fourth-order valence-electron chi connectivity index (χ4n) is 2.64. The Morgan fingerprint density at radius 2 is 1.09 bits per heavy atom. The molecular formula is C12H23N3O8. The molecule has 0 saturated heterocycles. The first-order chi connectivity index (χ1) is 10.8. The Balaban J connectivity index is 2.90. The second-order valence-corrected chi connectivity index (χ2v) is 5.28. The summed E-state index contributed by atoms with van der Waals surface area (Å²) >= 11 is 0. The van der Waals surface area contributed by atoms with Gasteiger partial charge in [-0.1, -0.05) is 0 Å². The molecule has 2 unspecified atom stereocenters. The van der Waals surface area contributed by atoms with Crippen molar-refractivity contribution in [3.8, 4) is 0 Å². The highest BCUT2D eigenvalue weighted by Crippen LogP contribution is 2.21. The van der Waals surface area contributed by atoms with Gasteiger partial charge in [-0.25, -0.2) is 0 Å². The van der Waals surface area contributed by atoms with E-state index in [1.54, 1.807) is 0 Å². The van der Waals surface area contributed by atoms with Crippen molar-refractivity contribution in [1.82, 2.24) is 16.0 Å². The van der Waals surface area contributed by atoms with Gasteiger partial charge in [0.15, 0.2) is 0 Å². The Morgan fingerprint density at radius 1 is 0.739 bits per heavy atom. The molecule has 1 aliphatic carbocycles. The van der Waals surface area contributed by atoms with Crippen LogP contribution in [0.4, 0.5) is 0 Å². The number of hydrogen-bond acceptors (Lipinski definition) is 9. The molecule has 0 heterocycles. The van der Waals surface area contributed by atoms with Gasteiger partial charge in [0.1, 0.15) is 0 Å². The van der Waals surface area contributed by atoms with E-state index in [-0.39, 0.29) is 13.2 Å². The van der Waals surface area contributed by atoms with Gasteiger partial charge >= 0.3 is 11.9 Å². The van der Waals surface area contributed by atoms with Gasteiger partial charge in [-0.3, -0.25) is 20.2 Å². The van der Waals surface area contributed by atoms with Crippen LogP contribution in [0.15, 0.2) is 0 Å². The standard InChI is InChI=1S/C12H23N3O8/c16-2-1-13-7-10(21)8(14-3-5(17)18)12(23)9(11(7)22)15-4-6(19)20/h7-16,21-23H,1-4H2,(H,17,18)(H,19,20)/t7?,8-,9+,10-,11+,12?. The summed E-state index contributed by atoms with van der Waals surface area (Å²) in [6.45, 7) is -1.29. The average molecular weight is 337 g/mol. The molecule has 1 fully saturated rings. The van der Waals surface area contributed by atoms with Crippen LogP contribution in [0, 0.1) is 0 Å². The summed E-state index contributed by atoms with van der Waals surface area (Å²) in [5.41, 5.74) is 0. The number of aliphatic hydroxyl groups is 4. The first kappa shape index (κ1) is 19.7. The molecule has 11 heteroatoms. The molecule has 23 heavy (non-hydrogen) atoms. The van der Waals surface area contributed by atoms with Crippen LogP contribution >= 0.6 is 0 Å². The van der Waals surface area contributed by atoms with Crippen LogP contribution in [0.5, 0.6) is 0 Å². The fourth-order valence-corrected chi connectivity index (χ4v) is 2.64. The predicted octanol–water partition coefficient (Wildman–Crippen LogP) is -4.88. The number of rotatable bonds is 9. The first-order valence-corrected chi connectivity index (χ1v) is 7.08. The molecule has 0 bridgehead atoms. The summed E-state index contributed by atoms with van der Waals surface area (Å²) in [6.07, 6.45) is -4.13. The molecular weight excluding hydrogens is 314 g/mol. The van der Waals surface area contributed by atoms with E-state index < -0.39 is 61.5 Å². The quantitative estimate of drug-likeness (QED) is 0.196. The maximum absolute atomic E-state index is 10.7. The molecule has 11 nitrogen and oxygen atoms in total. The van der Waals surface area contributed by atoms with E-state index in [9.17, 15) is 24.9 Å². The van der Waals surface area contributed by atoms with Crippen molar-refractivity contribution in [3.63, 3.8) is 0 Å². The zero-order chi connectivity index (χ0) is 17.6. The molecule has 1 aliphatic rings. The van der Waals surface area contributed by atoms with Gasteiger partial charge in [0.2, 0.25) is 0 Å². The molecule has 0 aromatic rings. The zero-order valence-electron chi connectivity index (χ0n) is 12.3. The molecule has 6 atom stereocenters. The van der Waals surface area contributed by atoms with Gasteiger partial charge in [0.05, 0.1) is 56.1 Å². The van der Waals surface area contributed by atoms with Gasteiger partial charge in [0, 0.05) is 6.54 Å². The van der Waals surface area contributed by atoms with Gasteiger partial charge in [-0.05, 0) is 0 Å². The minimum atomic E-state index is -1.43. The van der Waals surface area contributed by atoms with Crippen molar-refractivity contribution in [2.45, 2.75) is 36.4 Å². The third-order valence-corrected chi connectivity index (χ3v) is 3.68. The van der Waals surface area contributed by atoms with Crippen LogP contribution in [-0.4, -0.2) is 105 Å². The highest BCUT2D eigenvalue weighted by Gasteiger charge is 2.49. The van der Waals surface area contributed by atoms with Crippen LogP contribution in [-0.2, 0) is 9.59 Å². The van der Waals surface area contributed by atoms with Crippen LogP contribution < -0.4 is 16.0 Å².